The molecule has 0 atom stereocenters. The Labute approximate surface area is 45.8 Å². The topological polar surface area (TPSA) is 66.4 Å². The second-order valence-electron chi connectivity index (χ2n) is 0.956. The molecule has 4 heteroatoms. The number of hydrogen-bond donors (Lipinski definition) is 2. The van der Waals surface area contributed by atoms with Gasteiger partial charge in [0.1, 0.15) is 0 Å². The van der Waals surface area contributed by atoms with Gasteiger partial charge in [0.15, 0.2) is 0 Å². The van der Waals surface area contributed by atoms with Gasteiger partial charge in [-0.2, -0.15) is 0 Å². The lowest BCUT2D eigenvalue weighted by molar-refractivity contribution is -0.131. The molecular weight excluding hydrogens is 110 g/mol. The molecule has 0 heterocycles. The Balaban J connectivity index is 3.34. The number of hydrogen-bond acceptors (Lipinski definition) is 2. The molecule has 0 aliphatic carbocycles. The van der Waals surface area contributed by atoms with Gasteiger partial charge in [-0.3, -0.25) is 4.79 Å². The first-order valence-corrected chi connectivity index (χ1v) is 1.86. The summed E-state index contributed by atoms with van der Waals surface area (Å²) in [6.07, 6.45) is 2.25. The standard InChI is InChI=1S/C4H5NO3/c6-3-5-2-1-4(7)8/h1-3H,(H,5,6)(H,7,8). The van der Waals surface area contributed by atoms with Crippen LogP contribution >= 0.6 is 0 Å². The lowest BCUT2D eigenvalue weighted by atomic mass is 10.6. The minimum Gasteiger partial charge on any atom is -0.478 e. The number of rotatable bonds is 3. The summed E-state index contributed by atoms with van der Waals surface area (Å²) in [5.41, 5.74) is 0. The first kappa shape index (κ1) is 6.68. The molecule has 2 N–H and O–H groups in total. The van der Waals surface area contributed by atoms with Crippen LogP contribution in [-0.4, -0.2) is 17.5 Å². The first-order chi connectivity index (χ1) is 3.77. The van der Waals surface area contributed by atoms with Crippen molar-refractivity contribution < 1.29 is 14.7 Å². The Morgan fingerprint density at radius 2 is 2.25 bits per heavy atom. The lowest BCUT2D eigenvalue weighted by Gasteiger charge is -1.78. The zero-order valence-electron chi connectivity index (χ0n) is 4.00. The van der Waals surface area contributed by atoms with Crippen LogP contribution in [0.1, 0.15) is 0 Å². The summed E-state index contributed by atoms with van der Waals surface area (Å²) in [5, 5.41) is 9.94. The Bertz CT molecular complexity index is 118. The number of carboxylic acids is 1. The monoisotopic (exact) mass is 115 g/mol. The summed E-state index contributed by atoms with van der Waals surface area (Å²) in [5.74, 6) is -1.08. The number of carboxylic acid groups (broad SMARTS) is 1. The van der Waals surface area contributed by atoms with Crippen molar-refractivity contribution in [2.75, 3.05) is 0 Å². The van der Waals surface area contributed by atoms with Crippen LogP contribution in [0, 0.1) is 0 Å². The molecule has 0 spiro atoms. The van der Waals surface area contributed by atoms with Crippen molar-refractivity contribution in [2.24, 2.45) is 0 Å². The quantitative estimate of drug-likeness (QED) is 0.378. The molecule has 0 aliphatic heterocycles. The van der Waals surface area contributed by atoms with E-state index in [-0.39, 0.29) is 0 Å². The summed E-state index contributed by atoms with van der Waals surface area (Å²) >= 11 is 0. The van der Waals surface area contributed by atoms with Gasteiger partial charge in [0, 0.05) is 12.3 Å². The summed E-state index contributed by atoms with van der Waals surface area (Å²) < 4.78 is 0. The molecule has 0 aliphatic rings. The minimum atomic E-state index is -1.08. The van der Waals surface area contributed by atoms with Gasteiger partial charge in [-0.15, -0.1) is 0 Å². The van der Waals surface area contributed by atoms with Gasteiger partial charge in [0.05, 0.1) is 0 Å². The van der Waals surface area contributed by atoms with Crippen LogP contribution in [0.5, 0.6) is 0 Å². The maximum absolute atomic E-state index is 9.63. The number of nitrogens with one attached hydrogen (secondary N) is 1. The highest BCUT2D eigenvalue weighted by molar-refractivity contribution is 5.79. The predicted molar refractivity (Wildman–Crippen MR) is 26.0 cm³/mol. The third-order valence-corrected chi connectivity index (χ3v) is 0.390. The normalized spacial score (nSPS) is 9.00. The van der Waals surface area contributed by atoms with E-state index < -0.39 is 5.97 Å². The van der Waals surface area contributed by atoms with Gasteiger partial charge < -0.3 is 10.4 Å². The smallest absolute Gasteiger partial charge is 0.329 e. The summed E-state index contributed by atoms with van der Waals surface area (Å²) in [7, 11) is 0. The number of carbonyl (C=O) groups excluding carboxylic acids is 1. The summed E-state index contributed by atoms with van der Waals surface area (Å²) in [6.45, 7) is 0. The molecule has 0 saturated heterocycles. The van der Waals surface area contributed by atoms with Gasteiger partial charge in [-0.25, -0.2) is 4.79 Å². The van der Waals surface area contributed by atoms with Crippen LogP contribution in [0.25, 0.3) is 0 Å². The average Bonchev–Trinajstić information content (AvgIpc) is 1.66. The van der Waals surface area contributed by atoms with Crippen LogP contribution in [0.2, 0.25) is 0 Å². The minimum absolute atomic E-state index is 0.388. The summed E-state index contributed by atoms with van der Waals surface area (Å²) in [4.78, 5) is 19.1. The van der Waals surface area contributed by atoms with Crippen LogP contribution in [0.4, 0.5) is 0 Å². The van der Waals surface area contributed by atoms with E-state index in [0.717, 1.165) is 12.3 Å². The fourth-order valence-electron chi connectivity index (χ4n) is 0.159. The SMILES string of the molecule is O=CNC=CC(=O)O. The Morgan fingerprint density at radius 3 is 2.62 bits per heavy atom. The van der Waals surface area contributed by atoms with Crippen LogP contribution < -0.4 is 5.32 Å². The van der Waals surface area contributed by atoms with Crippen LogP contribution in [0.3, 0.4) is 0 Å². The van der Waals surface area contributed by atoms with Crippen molar-refractivity contribution in [2.45, 2.75) is 0 Å². The van der Waals surface area contributed by atoms with Crippen molar-refractivity contribution in [3.8, 4) is 0 Å². The maximum atomic E-state index is 9.63. The second-order valence-corrected chi connectivity index (χ2v) is 0.956. The molecule has 0 unspecified atom stereocenters. The third-order valence-electron chi connectivity index (χ3n) is 0.390. The molecule has 4 nitrogen and oxygen atoms in total. The third kappa shape index (κ3) is 4.68. The molecule has 0 aromatic rings. The van der Waals surface area contributed by atoms with Gasteiger partial charge in [0.25, 0.3) is 0 Å². The van der Waals surface area contributed by atoms with Crippen molar-refractivity contribution in [1.29, 1.82) is 0 Å². The predicted octanol–water partition coefficient (Wildman–Crippen LogP) is -0.669. The fraction of sp³-hybridized carbons (Fsp3) is 0. The molecular formula is C4H5NO3. The van der Waals surface area contributed by atoms with E-state index in [2.05, 4.69) is 0 Å². The van der Waals surface area contributed by atoms with Gasteiger partial charge in [-0.05, 0) is 0 Å². The molecule has 44 valence electrons. The highest BCUT2D eigenvalue weighted by Gasteiger charge is 1.80. The van der Waals surface area contributed by atoms with E-state index >= 15 is 0 Å². The van der Waals surface area contributed by atoms with Crippen LogP contribution in [0.15, 0.2) is 12.3 Å². The molecule has 0 aromatic heterocycles. The van der Waals surface area contributed by atoms with E-state index in [1.807, 2.05) is 5.32 Å². The number of amides is 1. The van der Waals surface area contributed by atoms with Gasteiger partial charge >= 0.3 is 5.97 Å². The molecule has 0 aromatic carbocycles. The average molecular weight is 115 g/mol. The van der Waals surface area contributed by atoms with E-state index in [9.17, 15) is 9.59 Å². The van der Waals surface area contributed by atoms with Crippen LogP contribution in [-0.2, 0) is 9.59 Å². The van der Waals surface area contributed by atoms with Crippen molar-refractivity contribution >= 4 is 12.4 Å². The lowest BCUT2D eigenvalue weighted by Crippen LogP contribution is -2.00. The Morgan fingerprint density at radius 1 is 1.62 bits per heavy atom. The molecule has 0 saturated carbocycles. The van der Waals surface area contributed by atoms with E-state index in [1.165, 1.54) is 0 Å². The van der Waals surface area contributed by atoms with Gasteiger partial charge in [-0.1, -0.05) is 0 Å². The Kier molecular flexibility index (Phi) is 3.22. The summed E-state index contributed by atoms with van der Waals surface area (Å²) in [6, 6.07) is 0. The van der Waals surface area contributed by atoms with E-state index in [0.29, 0.717) is 6.41 Å². The van der Waals surface area contributed by atoms with E-state index in [1.54, 1.807) is 0 Å². The zero-order valence-corrected chi connectivity index (χ0v) is 4.00. The molecule has 0 fully saturated rings. The van der Waals surface area contributed by atoms with Crippen molar-refractivity contribution in [3.63, 3.8) is 0 Å². The zero-order chi connectivity index (χ0) is 6.41. The van der Waals surface area contributed by atoms with Gasteiger partial charge in [0.2, 0.25) is 6.41 Å². The van der Waals surface area contributed by atoms with Crippen molar-refractivity contribution in [3.05, 3.63) is 12.3 Å². The highest BCUT2D eigenvalue weighted by atomic mass is 16.4. The molecule has 0 radical (unpaired) electrons. The molecule has 0 rings (SSSR count). The molecule has 8 heavy (non-hydrogen) atoms. The largest absolute Gasteiger partial charge is 0.478 e. The number of carbonyl (C=O) groups is 2. The maximum Gasteiger partial charge on any atom is 0.329 e. The Hall–Kier alpha value is -1.32. The highest BCUT2D eigenvalue weighted by Crippen LogP contribution is 1.63. The molecule has 1 amide bonds. The fourth-order valence-corrected chi connectivity index (χ4v) is 0.159. The molecule has 0 bridgehead atoms. The van der Waals surface area contributed by atoms with Crippen molar-refractivity contribution in [1.82, 2.24) is 5.32 Å². The second kappa shape index (κ2) is 3.86. The number of aliphatic carboxylic acids is 1. The first-order valence-electron chi connectivity index (χ1n) is 1.86. The van der Waals surface area contributed by atoms with E-state index in [4.69, 9.17) is 5.11 Å².